The van der Waals surface area contributed by atoms with Crippen molar-refractivity contribution in [2.24, 2.45) is 5.92 Å². The van der Waals surface area contributed by atoms with E-state index in [1.54, 1.807) is 29.3 Å². The fourth-order valence-corrected chi connectivity index (χ4v) is 4.80. The number of nitrogens with zero attached hydrogens (tertiary/aromatic N) is 2. The molecule has 2 heterocycles. The van der Waals surface area contributed by atoms with Gasteiger partial charge in [-0.2, -0.15) is 0 Å². The normalized spacial score (nSPS) is 22.1. The van der Waals surface area contributed by atoms with Crippen molar-refractivity contribution in [1.29, 1.82) is 0 Å². The number of benzene rings is 3. The molecule has 0 spiro atoms. The Labute approximate surface area is 193 Å². The van der Waals surface area contributed by atoms with E-state index >= 15 is 0 Å². The first kappa shape index (κ1) is 21.2. The lowest BCUT2D eigenvalue weighted by molar-refractivity contribution is -0.126. The van der Waals surface area contributed by atoms with Crippen molar-refractivity contribution in [2.75, 3.05) is 16.6 Å². The van der Waals surface area contributed by atoms with Crippen LogP contribution in [0.1, 0.15) is 29.7 Å². The molecule has 168 valence electrons. The molecule has 6 heteroatoms. The molecule has 2 amide bonds. The van der Waals surface area contributed by atoms with Crippen molar-refractivity contribution in [3.8, 4) is 5.75 Å². The van der Waals surface area contributed by atoms with Gasteiger partial charge in [0.25, 0.3) is 5.91 Å². The van der Waals surface area contributed by atoms with E-state index in [0.29, 0.717) is 18.0 Å². The van der Waals surface area contributed by atoms with Gasteiger partial charge in [0.15, 0.2) is 6.10 Å². The summed E-state index contributed by atoms with van der Waals surface area (Å²) in [4.78, 5) is 34.6. The molecule has 3 atom stereocenters. The molecular formula is C27H26N2O4. The van der Waals surface area contributed by atoms with Crippen LogP contribution >= 0.6 is 0 Å². The van der Waals surface area contributed by atoms with Gasteiger partial charge in [0.05, 0.1) is 24.0 Å². The van der Waals surface area contributed by atoms with Crippen molar-refractivity contribution < 1.29 is 19.2 Å². The van der Waals surface area contributed by atoms with Gasteiger partial charge in [-0.05, 0) is 68.3 Å². The predicted molar refractivity (Wildman–Crippen MR) is 126 cm³/mol. The van der Waals surface area contributed by atoms with Crippen LogP contribution in [0, 0.1) is 19.8 Å². The van der Waals surface area contributed by atoms with Gasteiger partial charge in [0.2, 0.25) is 5.91 Å². The number of hydroxylamine groups is 1. The smallest absolute Gasteiger partial charge is 0.266 e. The maximum Gasteiger partial charge on any atom is 0.266 e. The molecule has 0 unspecified atom stereocenters. The van der Waals surface area contributed by atoms with Crippen LogP contribution in [0.4, 0.5) is 11.4 Å². The SMILES string of the molecule is CCOc1ccc(N2C(=O)[C@@H]3[C@@H](c4ccc(C)cc4C)N(c4ccccc4)O[C@H]3C2=O)cc1. The van der Waals surface area contributed by atoms with E-state index in [4.69, 9.17) is 9.57 Å². The van der Waals surface area contributed by atoms with Gasteiger partial charge >= 0.3 is 0 Å². The van der Waals surface area contributed by atoms with Gasteiger partial charge in [0.1, 0.15) is 11.7 Å². The Hall–Kier alpha value is -3.64. The molecule has 6 nitrogen and oxygen atoms in total. The third-order valence-electron chi connectivity index (χ3n) is 6.28. The molecule has 2 saturated heterocycles. The Morgan fingerprint density at radius 1 is 0.879 bits per heavy atom. The third-order valence-corrected chi connectivity index (χ3v) is 6.28. The van der Waals surface area contributed by atoms with Crippen molar-refractivity contribution in [1.82, 2.24) is 0 Å². The maximum absolute atomic E-state index is 13.7. The summed E-state index contributed by atoms with van der Waals surface area (Å²) in [5.74, 6) is -0.550. The molecule has 0 saturated carbocycles. The molecule has 0 aromatic heterocycles. The van der Waals surface area contributed by atoms with E-state index in [9.17, 15) is 9.59 Å². The molecule has 2 aliphatic rings. The molecule has 0 N–H and O–H groups in total. The lowest BCUT2D eigenvalue weighted by Crippen LogP contribution is -2.37. The Balaban J connectivity index is 1.55. The van der Waals surface area contributed by atoms with Crippen molar-refractivity contribution >= 4 is 23.2 Å². The lowest BCUT2D eigenvalue weighted by atomic mass is 9.87. The molecular weight excluding hydrogens is 416 g/mol. The van der Waals surface area contributed by atoms with Crippen LogP contribution in [0.3, 0.4) is 0 Å². The first-order valence-corrected chi connectivity index (χ1v) is 11.2. The second kappa shape index (κ2) is 8.37. The number of carbonyl (C=O) groups excluding carboxylic acids is 2. The predicted octanol–water partition coefficient (Wildman–Crippen LogP) is 4.75. The number of hydrogen-bond donors (Lipinski definition) is 0. The number of hydrogen-bond acceptors (Lipinski definition) is 5. The highest BCUT2D eigenvalue weighted by Gasteiger charge is 2.60. The van der Waals surface area contributed by atoms with Crippen molar-refractivity contribution in [3.05, 3.63) is 89.5 Å². The average Bonchev–Trinajstić information content (AvgIpc) is 3.31. The van der Waals surface area contributed by atoms with E-state index < -0.39 is 18.1 Å². The standard InChI is InChI=1S/C27H26N2O4/c1-4-32-21-13-11-19(12-14-21)28-26(30)23-24(22-15-10-17(2)16-18(22)3)29(33-25(23)27(28)31)20-8-6-5-7-9-20/h5-16,23-25H,4H2,1-3H3/t23-,24-,25-/m1/s1. The molecule has 0 radical (unpaired) electrons. The molecule has 3 aromatic carbocycles. The zero-order chi connectivity index (χ0) is 23.1. The second-order valence-electron chi connectivity index (χ2n) is 8.46. The van der Waals surface area contributed by atoms with Gasteiger partial charge in [-0.1, -0.05) is 42.0 Å². The summed E-state index contributed by atoms with van der Waals surface area (Å²) in [6, 6.07) is 22.4. The Morgan fingerprint density at radius 3 is 2.27 bits per heavy atom. The van der Waals surface area contributed by atoms with Crippen LogP contribution in [0.15, 0.2) is 72.8 Å². The molecule has 0 bridgehead atoms. The summed E-state index contributed by atoms with van der Waals surface area (Å²) in [6.07, 6.45) is -0.880. The zero-order valence-corrected chi connectivity index (χ0v) is 18.9. The van der Waals surface area contributed by atoms with Gasteiger partial charge in [0, 0.05) is 0 Å². The topological polar surface area (TPSA) is 59.1 Å². The fraction of sp³-hybridized carbons (Fsp3) is 0.259. The maximum atomic E-state index is 13.7. The first-order chi connectivity index (χ1) is 16.0. The van der Waals surface area contributed by atoms with Crippen LogP contribution in [0.2, 0.25) is 0 Å². The summed E-state index contributed by atoms with van der Waals surface area (Å²) in [5, 5.41) is 1.73. The third kappa shape index (κ3) is 3.56. The summed E-state index contributed by atoms with van der Waals surface area (Å²) in [6.45, 7) is 6.53. The highest BCUT2D eigenvalue weighted by atomic mass is 16.7. The summed E-state index contributed by atoms with van der Waals surface area (Å²) in [7, 11) is 0. The van der Waals surface area contributed by atoms with Gasteiger partial charge < -0.3 is 4.74 Å². The van der Waals surface area contributed by atoms with Crippen LogP contribution in [0.25, 0.3) is 0 Å². The fourth-order valence-electron chi connectivity index (χ4n) is 4.80. The van der Waals surface area contributed by atoms with E-state index in [-0.39, 0.29) is 11.8 Å². The lowest BCUT2D eigenvalue weighted by Gasteiger charge is -2.29. The summed E-state index contributed by atoms with van der Waals surface area (Å²) in [5.41, 5.74) is 4.52. The molecule has 2 aliphatic heterocycles. The number of imide groups is 1. The molecule has 33 heavy (non-hydrogen) atoms. The van der Waals surface area contributed by atoms with Crippen LogP contribution in [-0.4, -0.2) is 24.5 Å². The number of para-hydroxylation sites is 1. The number of amides is 2. The second-order valence-corrected chi connectivity index (χ2v) is 8.46. The van der Waals surface area contributed by atoms with Crippen molar-refractivity contribution in [3.63, 3.8) is 0 Å². The number of ether oxygens (including phenoxy) is 1. The quantitative estimate of drug-likeness (QED) is 0.534. The number of carbonyl (C=O) groups is 2. The van der Waals surface area contributed by atoms with E-state index in [0.717, 1.165) is 22.4 Å². The first-order valence-electron chi connectivity index (χ1n) is 11.2. The molecule has 2 fully saturated rings. The minimum atomic E-state index is -0.880. The minimum Gasteiger partial charge on any atom is -0.494 e. The van der Waals surface area contributed by atoms with Gasteiger partial charge in [-0.3, -0.25) is 14.4 Å². The van der Waals surface area contributed by atoms with Crippen molar-refractivity contribution in [2.45, 2.75) is 32.9 Å². The van der Waals surface area contributed by atoms with E-state index in [2.05, 4.69) is 6.07 Å². The minimum absolute atomic E-state index is 0.252. The Bertz CT molecular complexity index is 1190. The molecule has 5 rings (SSSR count). The summed E-state index contributed by atoms with van der Waals surface area (Å²) < 4.78 is 5.49. The van der Waals surface area contributed by atoms with Crippen LogP contribution < -0.4 is 14.7 Å². The van der Waals surface area contributed by atoms with Gasteiger partial charge in [-0.25, -0.2) is 9.96 Å². The van der Waals surface area contributed by atoms with E-state index in [1.807, 2.05) is 63.2 Å². The largest absolute Gasteiger partial charge is 0.494 e. The number of aryl methyl sites for hydroxylation is 2. The Morgan fingerprint density at radius 2 is 1.61 bits per heavy atom. The zero-order valence-electron chi connectivity index (χ0n) is 18.9. The van der Waals surface area contributed by atoms with Crippen LogP contribution in [-0.2, 0) is 14.4 Å². The summed E-state index contributed by atoms with van der Waals surface area (Å²) >= 11 is 0. The monoisotopic (exact) mass is 442 g/mol. The highest BCUT2D eigenvalue weighted by Crippen LogP contribution is 2.48. The Kier molecular flexibility index (Phi) is 5.38. The number of anilines is 2. The molecule has 3 aromatic rings. The number of fused-ring (bicyclic) bond motifs is 1. The number of rotatable bonds is 5. The molecule has 0 aliphatic carbocycles. The van der Waals surface area contributed by atoms with E-state index in [1.165, 1.54) is 4.90 Å². The highest BCUT2D eigenvalue weighted by molar-refractivity contribution is 6.24. The van der Waals surface area contributed by atoms with Gasteiger partial charge in [-0.15, -0.1) is 0 Å². The van der Waals surface area contributed by atoms with Crippen LogP contribution in [0.5, 0.6) is 5.75 Å². The average molecular weight is 443 g/mol.